The molecule has 0 amide bonds. The SMILES string of the molecule is Cc1cc(F)c(F)c2c1C=C[C@H]1CCC21. The number of hydrogen-bond acceptors (Lipinski definition) is 0. The standard InChI is InChI=1S/C13H12F2/c1-7-6-11(14)13(15)12-9(7)4-2-8-3-5-10(8)12/h2,4,6,8,10H,3,5H2,1H3/t8-,10?/m0/s1. The minimum Gasteiger partial charge on any atom is -0.204 e. The zero-order valence-corrected chi connectivity index (χ0v) is 8.56. The maximum absolute atomic E-state index is 13.7. The predicted octanol–water partition coefficient (Wildman–Crippen LogP) is 3.79. The summed E-state index contributed by atoms with van der Waals surface area (Å²) >= 11 is 0. The number of fused-ring (bicyclic) bond motifs is 3. The van der Waals surface area contributed by atoms with Crippen molar-refractivity contribution in [1.29, 1.82) is 0 Å². The van der Waals surface area contributed by atoms with Crippen LogP contribution in [0.5, 0.6) is 0 Å². The first-order valence-corrected chi connectivity index (χ1v) is 5.35. The summed E-state index contributed by atoms with van der Waals surface area (Å²) in [7, 11) is 0. The monoisotopic (exact) mass is 206 g/mol. The molecule has 0 radical (unpaired) electrons. The summed E-state index contributed by atoms with van der Waals surface area (Å²) < 4.78 is 27.0. The van der Waals surface area contributed by atoms with Crippen LogP contribution in [0.3, 0.4) is 0 Å². The van der Waals surface area contributed by atoms with Crippen LogP contribution in [0, 0.1) is 24.5 Å². The molecule has 1 fully saturated rings. The van der Waals surface area contributed by atoms with Crippen LogP contribution in [0.4, 0.5) is 8.78 Å². The number of benzene rings is 1. The topological polar surface area (TPSA) is 0 Å². The van der Waals surface area contributed by atoms with Crippen LogP contribution >= 0.6 is 0 Å². The van der Waals surface area contributed by atoms with Crippen LogP contribution in [-0.2, 0) is 0 Å². The fraction of sp³-hybridized carbons (Fsp3) is 0.385. The molecule has 2 aliphatic rings. The van der Waals surface area contributed by atoms with Gasteiger partial charge in [-0.25, -0.2) is 8.78 Å². The average Bonchev–Trinajstić information content (AvgIpc) is 2.15. The molecule has 3 rings (SSSR count). The quantitative estimate of drug-likeness (QED) is 0.605. The Kier molecular flexibility index (Phi) is 1.76. The summed E-state index contributed by atoms with van der Waals surface area (Å²) in [5.41, 5.74) is 2.35. The molecule has 0 heterocycles. The van der Waals surface area contributed by atoms with Crippen LogP contribution in [0.15, 0.2) is 12.1 Å². The summed E-state index contributed by atoms with van der Waals surface area (Å²) in [4.78, 5) is 0. The highest BCUT2D eigenvalue weighted by Crippen LogP contribution is 2.49. The molecule has 0 saturated heterocycles. The molecule has 0 N–H and O–H groups in total. The van der Waals surface area contributed by atoms with E-state index in [2.05, 4.69) is 6.08 Å². The van der Waals surface area contributed by atoms with E-state index in [1.807, 2.05) is 13.0 Å². The number of aryl methyl sites for hydroxylation is 1. The van der Waals surface area contributed by atoms with Gasteiger partial charge in [-0.1, -0.05) is 12.2 Å². The van der Waals surface area contributed by atoms with Gasteiger partial charge < -0.3 is 0 Å². The van der Waals surface area contributed by atoms with Gasteiger partial charge in [0.05, 0.1) is 0 Å². The second-order valence-electron chi connectivity index (χ2n) is 4.52. The number of halogens is 2. The maximum Gasteiger partial charge on any atom is 0.162 e. The van der Waals surface area contributed by atoms with Crippen molar-refractivity contribution in [2.45, 2.75) is 25.7 Å². The van der Waals surface area contributed by atoms with Crippen molar-refractivity contribution in [3.8, 4) is 0 Å². The third-order valence-corrected chi connectivity index (χ3v) is 3.71. The lowest BCUT2D eigenvalue weighted by atomic mass is 9.65. The van der Waals surface area contributed by atoms with Crippen LogP contribution in [0.1, 0.15) is 35.4 Å². The molecule has 2 atom stereocenters. The van der Waals surface area contributed by atoms with Gasteiger partial charge in [0.1, 0.15) is 0 Å². The van der Waals surface area contributed by atoms with Crippen LogP contribution in [0.25, 0.3) is 6.08 Å². The van der Waals surface area contributed by atoms with Crippen molar-refractivity contribution >= 4 is 6.08 Å². The minimum atomic E-state index is -0.702. The Balaban J connectivity index is 2.27. The third-order valence-electron chi connectivity index (χ3n) is 3.71. The van der Waals surface area contributed by atoms with Crippen molar-refractivity contribution in [3.05, 3.63) is 40.5 Å². The van der Waals surface area contributed by atoms with Crippen molar-refractivity contribution in [1.82, 2.24) is 0 Å². The van der Waals surface area contributed by atoms with Gasteiger partial charge in [0.2, 0.25) is 0 Å². The van der Waals surface area contributed by atoms with E-state index >= 15 is 0 Å². The number of hydrogen-bond donors (Lipinski definition) is 0. The zero-order valence-electron chi connectivity index (χ0n) is 8.56. The molecule has 0 aromatic heterocycles. The fourth-order valence-electron chi connectivity index (χ4n) is 2.71. The van der Waals surface area contributed by atoms with Crippen molar-refractivity contribution in [2.24, 2.45) is 5.92 Å². The molecular weight excluding hydrogens is 194 g/mol. The van der Waals surface area contributed by atoms with Gasteiger partial charge in [-0.15, -0.1) is 0 Å². The second-order valence-corrected chi connectivity index (χ2v) is 4.52. The largest absolute Gasteiger partial charge is 0.204 e. The minimum absolute atomic E-state index is 0.222. The highest BCUT2D eigenvalue weighted by Gasteiger charge is 2.37. The average molecular weight is 206 g/mol. The van der Waals surface area contributed by atoms with E-state index in [4.69, 9.17) is 0 Å². The molecular formula is C13H12F2. The van der Waals surface area contributed by atoms with Gasteiger partial charge in [-0.05, 0) is 48.8 Å². The first-order valence-electron chi connectivity index (χ1n) is 5.35. The molecule has 0 nitrogen and oxygen atoms in total. The van der Waals surface area contributed by atoms with Gasteiger partial charge >= 0.3 is 0 Å². The summed E-state index contributed by atoms with van der Waals surface area (Å²) in [5.74, 6) is -0.672. The summed E-state index contributed by atoms with van der Waals surface area (Å²) in [6, 6.07) is 1.29. The highest BCUT2D eigenvalue weighted by atomic mass is 19.2. The predicted molar refractivity (Wildman–Crippen MR) is 55.6 cm³/mol. The zero-order chi connectivity index (χ0) is 10.6. The van der Waals surface area contributed by atoms with E-state index in [1.54, 1.807) is 0 Å². The third kappa shape index (κ3) is 1.11. The highest BCUT2D eigenvalue weighted by molar-refractivity contribution is 5.63. The van der Waals surface area contributed by atoms with Gasteiger partial charge in [-0.3, -0.25) is 0 Å². The van der Waals surface area contributed by atoms with Gasteiger partial charge in [0.15, 0.2) is 11.6 Å². The molecule has 1 unspecified atom stereocenters. The maximum atomic E-state index is 13.7. The molecule has 2 heteroatoms. The first-order chi connectivity index (χ1) is 7.18. The summed E-state index contributed by atoms with van der Waals surface area (Å²) in [6.07, 6.45) is 6.19. The molecule has 15 heavy (non-hydrogen) atoms. The van der Waals surface area contributed by atoms with E-state index in [1.165, 1.54) is 6.07 Å². The number of allylic oxidation sites excluding steroid dienone is 1. The lowest BCUT2D eigenvalue weighted by Gasteiger charge is -2.39. The Labute approximate surface area is 87.6 Å². The summed E-state index contributed by atoms with van der Waals surface area (Å²) in [5, 5.41) is 0. The smallest absolute Gasteiger partial charge is 0.162 e. The first kappa shape index (κ1) is 9.08. The van der Waals surface area contributed by atoms with Crippen molar-refractivity contribution in [3.63, 3.8) is 0 Å². The normalized spacial score (nSPS) is 26.9. The Morgan fingerprint density at radius 2 is 2.07 bits per heavy atom. The van der Waals surface area contributed by atoms with Crippen molar-refractivity contribution in [2.75, 3.05) is 0 Å². The van der Waals surface area contributed by atoms with E-state index in [0.717, 1.165) is 24.0 Å². The van der Waals surface area contributed by atoms with Crippen LogP contribution < -0.4 is 0 Å². The van der Waals surface area contributed by atoms with Gasteiger partial charge in [-0.2, -0.15) is 0 Å². The van der Waals surface area contributed by atoms with Gasteiger partial charge in [0, 0.05) is 5.56 Å². The van der Waals surface area contributed by atoms with Crippen LogP contribution in [-0.4, -0.2) is 0 Å². The lowest BCUT2D eigenvalue weighted by molar-refractivity contribution is 0.301. The molecule has 0 spiro atoms. The van der Waals surface area contributed by atoms with E-state index in [-0.39, 0.29) is 5.92 Å². The van der Waals surface area contributed by atoms with Gasteiger partial charge in [0.25, 0.3) is 0 Å². The van der Waals surface area contributed by atoms with Crippen LogP contribution in [0.2, 0.25) is 0 Å². The fourth-order valence-corrected chi connectivity index (χ4v) is 2.71. The summed E-state index contributed by atoms with van der Waals surface area (Å²) in [6.45, 7) is 1.84. The van der Waals surface area contributed by atoms with E-state index < -0.39 is 11.6 Å². The van der Waals surface area contributed by atoms with Crippen molar-refractivity contribution < 1.29 is 8.78 Å². The van der Waals surface area contributed by atoms with E-state index in [9.17, 15) is 8.78 Å². The molecule has 78 valence electrons. The Morgan fingerprint density at radius 3 is 2.73 bits per heavy atom. The van der Waals surface area contributed by atoms with E-state index in [0.29, 0.717) is 11.5 Å². The molecule has 1 aromatic carbocycles. The molecule has 0 bridgehead atoms. The second kappa shape index (κ2) is 2.91. The Hall–Kier alpha value is -1.18. The Bertz CT molecular complexity index is 460. The molecule has 1 saturated carbocycles. The lowest BCUT2D eigenvalue weighted by Crippen LogP contribution is -2.26. The molecule has 2 aliphatic carbocycles. The Morgan fingerprint density at radius 1 is 1.27 bits per heavy atom. The molecule has 0 aliphatic heterocycles. The number of rotatable bonds is 0. The molecule has 1 aromatic rings.